The van der Waals surface area contributed by atoms with E-state index in [1.165, 1.54) is 19.3 Å². The molecule has 0 aliphatic rings. The van der Waals surface area contributed by atoms with E-state index >= 15 is 0 Å². The number of carboxylic acid groups (broad SMARTS) is 2. The summed E-state index contributed by atoms with van der Waals surface area (Å²) >= 11 is 0. The van der Waals surface area contributed by atoms with Gasteiger partial charge in [-0.25, -0.2) is 0 Å². The second-order valence-electron chi connectivity index (χ2n) is 4.12. The van der Waals surface area contributed by atoms with Gasteiger partial charge in [0.05, 0.1) is 13.0 Å². The van der Waals surface area contributed by atoms with Gasteiger partial charge in [0.2, 0.25) is 0 Å². The summed E-state index contributed by atoms with van der Waals surface area (Å²) in [6.45, 7) is 4.23. The molecule has 10 heteroatoms. The Kier molecular flexibility index (Phi) is 13.1. The second kappa shape index (κ2) is 12.5. The average molecular weight is 329 g/mol. The Morgan fingerprint density at radius 3 is 2.00 bits per heavy atom. The first kappa shape index (κ1) is 22.1. The average Bonchev–Trinajstić information content (AvgIpc) is 2.35. The predicted molar refractivity (Wildman–Crippen MR) is 74.7 cm³/mol. The largest absolute Gasteiger partial charge is 0.481 e. The van der Waals surface area contributed by atoms with Crippen LogP contribution in [-0.2, 0) is 19.7 Å². The lowest BCUT2D eigenvalue weighted by Crippen LogP contribution is -2.31. The maximum absolute atomic E-state index is 10.2. The van der Waals surface area contributed by atoms with Gasteiger partial charge >= 0.3 is 11.9 Å². The first-order valence-corrected chi connectivity index (χ1v) is 7.89. The molecule has 0 aromatic heterocycles. The van der Waals surface area contributed by atoms with E-state index in [1.54, 1.807) is 0 Å². The number of hydrogen-bond acceptors (Lipinski definition) is 6. The van der Waals surface area contributed by atoms with Crippen molar-refractivity contribution in [1.29, 1.82) is 0 Å². The SMILES string of the molecule is CCCCCNCCO.O=C(O)CC(C(=O)O)S(=O)(=O)O. The van der Waals surface area contributed by atoms with Crippen LogP contribution in [-0.4, -0.2) is 65.2 Å². The van der Waals surface area contributed by atoms with E-state index in [1.807, 2.05) is 0 Å². The van der Waals surface area contributed by atoms with Crippen molar-refractivity contribution in [2.24, 2.45) is 0 Å². The Hall–Kier alpha value is -1.23. The van der Waals surface area contributed by atoms with Crippen LogP contribution in [0.25, 0.3) is 0 Å². The van der Waals surface area contributed by atoms with E-state index in [2.05, 4.69) is 12.2 Å². The van der Waals surface area contributed by atoms with Crippen molar-refractivity contribution in [2.45, 2.75) is 37.9 Å². The highest BCUT2D eigenvalue weighted by Crippen LogP contribution is 2.04. The molecule has 0 saturated carbocycles. The van der Waals surface area contributed by atoms with E-state index < -0.39 is 33.7 Å². The molecule has 0 fully saturated rings. The highest BCUT2D eigenvalue weighted by molar-refractivity contribution is 7.87. The minimum absolute atomic E-state index is 0.256. The number of carboxylic acids is 2. The van der Waals surface area contributed by atoms with E-state index in [0.717, 1.165) is 13.1 Å². The molecule has 0 aromatic carbocycles. The highest BCUT2D eigenvalue weighted by atomic mass is 32.2. The molecule has 0 spiro atoms. The number of aliphatic hydroxyl groups excluding tert-OH is 1. The van der Waals surface area contributed by atoms with Gasteiger partial charge in [0.15, 0.2) is 5.25 Å². The van der Waals surface area contributed by atoms with Crippen LogP contribution in [0.1, 0.15) is 32.6 Å². The summed E-state index contributed by atoms with van der Waals surface area (Å²) in [7, 11) is -4.84. The number of nitrogens with one attached hydrogen (secondary N) is 1. The fraction of sp³-hybridized carbons (Fsp3) is 0.818. The van der Waals surface area contributed by atoms with E-state index in [4.69, 9.17) is 19.9 Å². The molecule has 0 bridgehead atoms. The van der Waals surface area contributed by atoms with Gasteiger partial charge in [-0.05, 0) is 13.0 Å². The normalized spacial score (nSPS) is 12.1. The maximum Gasteiger partial charge on any atom is 0.325 e. The van der Waals surface area contributed by atoms with Crippen molar-refractivity contribution in [3.8, 4) is 0 Å². The molecule has 5 N–H and O–H groups in total. The summed E-state index contributed by atoms with van der Waals surface area (Å²) in [5.74, 6) is -3.50. The number of carbonyl (C=O) groups is 2. The van der Waals surface area contributed by atoms with Crippen molar-refractivity contribution >= 4 is 22.1 Å². The topological polar surface area (TPSA) is 161 Å². The van der Waals surface area contributed by atoms with Crippen molar-refractivity contribution in [3.05, 3.63) is 0 Å². The third-order valence-electron chi connectivity index (χ3n) is 2.24. The molecular weight excluding hydrogens is 306 g/mol. The minimum atomic E-state index is -4.84. The quantitative estimate of drug-likeness (QED) is 0.264. The molecule has 126 valence electrons. The second-order valence-corrected chi connectivity index (χ2v) is 5.72. The number of aliphatic hydroxyl groups is 1. The van der Waals surface area contributed by atoms with Gasteiger partial charge < -0.3 is 20.6 Å². The van der Waals surface area contributed by atoms with Crippen LogP contribution < -0.4 is 5.32 Å². The van der Waals surface area contributed by atoms with E-state index in [9.17, 15) is 18.0 Å². The van der Waals surface area contributed by atoms with Crippen molar-refractivity contribution in [2.75, 3.05) is 19.7 Å². The first-order valence-electron chi connectivity index (χ1n) is 6.39. The van der Waals surface area contributed by atoms with E-state index in [-0.39, 0.29) is 6.61 Å². The zero-order chi connectivity index (χ0) is 16.9. The molecule has 0 heterocycles. The van der Waals surface area contributed by atoms with Crippen LogP contribution in [0.5, 0.6) is 0 Å². The van der Waals surface area contributed by atoms with Gasteiger partial charge in [-0.15, -0.1) is 0 Å². The summed E-state index contributed by atoms with van der Waals surface area (Å²) in [6, 6.07) is 0. The highest BCUT2D eigenvalue weighted by Gasteiger charge is 2.33. The zero-order valence-electron chi connectivity index (χ0n) is 11.9. The third kappa shape index (κ3) is 15.0. The molecule has 0 aromatic rings. The Balaban J connectivity index is 0. The van der Waals surface area contributed by atoms with Gasteiger partial charge in [-0.2, -0.15) is 8.42 Å². The van der Waals surface area contributed by atoms with Gasteiger partial charge in [0.25, 0.3) is 10.1 Å². The fourth-order valence-corrected chi connectivity index (χ4v) is 1.79. The summed E-state index contributed by atoms with van der Waals surface area (Å²) in [6.07, 6.45) is 2.63. The summed E-state index contributed by atoms with van der Waals surface area (Å²) in [5, 5.41) is 25.4. The van der Waals surface area contributed by atoms with Crippen LogP contribution in [0, 0.1) is 0 Å². The van der Waals surface area contributed by atoms with Crippen molar-refractivity contribution in [1.82, 2.24) is 5.32 Å². The Morgan fingerprint density at radius 2 is 1.71 bits per heavy atom. The minimum Gasteiger partial charge on any atom is -0.481 e. The Morgan fingerprint density at radius 1 is 1.14 bits per heavy atom. The molecule has 0 rings (SSSR count). The Labute approximate surface area is 123 Å². The molecule has 1 atom stereocenters. The lowest BCUT2D eigenvalue weighted by molar-refractivity contribution is -0.143. The van der Waals surface area contributed by atoms with Crippen LogP contribution in [0.3, 0.4) is 0 Å². The first-order chi connectivity index (χ1) is 9.66. The van der Waals surface area contributed by atoms with Gasteiger partial charge in [-0.1, -0.05) is 19.8 Å². The molecule has 1 unspecified atom stereocenters. The number of aliphatic carboxylic acids is 2. The number of unbranched alkanes of at least 4 members (excludes halogenated alkanes) is 2. The zero-order valence-corrected chi connectivity index (χ0v) is 12.7. The molecule has 0 saturated heterocycles. The van der Waals surface area contributed by atoms with Gasteiger partial charge in [0, 0.05) is 6.54 Å². The smallest absolute Gasteiger partial charge is 0.325 e. The predicted octanol–water partition coefficient (Wildman–Crippen LogP) is -0.439. The molecule has 0 radical (unpaired) electrons. The lowest BCUT2D eigenvalue weighted by atomic mass is 10.2. The summed E-state index contributed by atoms with van der Waals surface area (Å²) in [4.78, 5) is 20.0. The van der Waals surface area contributed by atoms with Crippen LogP contribution >= 0.6 is 0 Å². The molecule has 0 aliphatic heterocycles. The molecule has 9 nitrogen and oxygen atoms in total. The monoisotopic (exact) mass is 329 g/mol. The van der Waals surface area contributed by atoms with Gasteiger partial charge in [0.1, 0.15) is 0 Å². The lowest BCUT2D eigenvalue weighted by Gasteiger charge is -2.04. The van der Waals surface area contributed by atoms with Crippen LogP contribution in [0.2, 0.25) is 0 Å². The summed E-state index contributed by atoms with van der Waals surface area (Å²) in [5.41, 5.74) is 0. The fourth-order valence-electron chi connectivity index (χ4n) is 1.18. The van der Waals surface area contributed by atoms with Crippen molar-refractivity contribution in [3.63, 3.8) is 0 Å². The summed E-state index contributed by atoms with van der Waals surface area (Å²) < 4.78 is 28.7. The van der Waals surface area contributed by atoms with E-state index in [0.29, 0.717) is 0 Å². The standard InChI is InChI=1S/C7H17NO.C4H6O7S/c1-2-3-4-5-8-6-7-9;5-3(6)1-2(4(7)8)12(9,10)11/h8-9H,2-7H2,1H3;2H,1H2,(H,5,6)(H,7,8)(H,9,10,11). The molecule has 0 aliphatic carbocycles. The molecule has 0 amide bonds. The number of hydrogen-bond donors (Lipinski definition) is 5. The van der Waals surface area contributed by atoms with Crippen LogP contribution in [0.15, 0.2) is 0 Å². The molecule has 21 heavy (non-hydrogen) atoms. The van der Waals surface area contributed by atoms with Gasteiger partial charge in [-0.3, -0.25) is 14.1 Å². The molecular formula is C11H23NO8S. The Bertz CT molecular complexity index is 389. The maximum atomic E-state index is 10.2. The third-order valence-corrected chi connectivity index (χ3v) is 3.33. The van der Waals surface area contributed by atoms with Crippen LogP contribution in [0.4, 0.5) is 0 Å². The number of rotatable bonds is 10. The van der Waals surface area contributed by atoms with Crippen molar-refractivity contribution < 1.29 is 37.9 Å².